The third-order valence-corrected chi connectivity index (χ3v) is 3.05. The lowest BCUT2D eigenvalue weighted by Crippen LogP contribution is -2.23. The van der Waals surface area contributed by atoms with Crippen molar-refractivity contribution in [3.63, 3.8) is 0 Å². The van der Waals surface area contributed by atoms with Gasteiger partial charge in [-0.1, -0.05) is 52.4 Å². The summed E-state index contributed by atoms with van der Waals surface area (Å²) in [5, 5.41) is 4.60. The molecule has 0 bridgehead atoms. The van der Waals surface area contributed by atoms with Crippen molar-refractivity contribution >= 4 is 5.97 Å². The quantitative estimate of drug-likeness (QED) is 0.306. The van der Waals surface area contributed by atoms with Crippen LogP contribution in [-0.2, 0) is 19.6 Å². The normalized spacial score (nSPS) is 13.2. The summed E-state index contributed by atoms with van der Waals surface area (Å²) in [5.74, 6) is -0.380. The lowest BCUT2D eigenvalue weighted by molar-refractivity contribution is -0.515. The molecule has 4 nitrogen and oxygen atoms in total. The van der Waals surface area contributed by atoms with Gasteiger partial charge >= 0.3 is 5.97 Å². The van der Waals surface area contributed by atoms with Crippen molar-refractivity contribution in [2.75, 3.05) is 0 Å². The monoisotopic (exact) mass is 288 g/mol. The molecule has 0 aromatic carbocycles. The molecule has 0 spiro atoms. The van der Waals surface area contributed by atoms with Crippen LogP contribution in [0.5, 0.6) is 0 Å². The van der Waals surface area contributed by atoms with E-state index in [4.69, 9.17) is 9.78 Å². The van der Waals surface area contributed by atoms with Crippen molar-refractivity contribution in [2.24, 2.45) is 5.92 Å². The molecule has 120 valence electrons. The average molecular weight is 288 g/mol. The smallest absolute Gasteiger partial charge is 0.269 e. The fraction of sp³-hybridized carbons (Fsp3) is 0.938. The fourth-order valence-electron chi connectivity index (χ4n) is 1.87. The van der Waals surface area contributed by atoms with E-state index in [1.54, 1.807) is 0 Å². The summed E-state index contributed by atoms with van der Waals surface area (Å²) in [6.07, 6.45) is 8.51. The molecule has 0 fully saturated rings. The van der Waals surface area contributed by atoms with E-state index in [0.29, 0.717) is 0 Å². The Morgan fingerprint density at radius 3 is 2.10 bits per heavy atom. The maximum atomic E-state index is 12.0. The molecule has 20 heavy (non-hydrogen) atoms. The summed E-state index contributed by atoms with van der Waals surface area (Å²) in [6, 6.07) is 0. The van der Waals surface area contributed by atoms with Gasteiger partial charge in [0, 0.05) is 0 Å². The van der Waals surface area contributed by atoms with Gasteiger partial charge in [-0.2, -0.15) is 4.89 Å². The molecule has 4 heteroatoms. The zero-order valence-electron chi connectivity index (χ0n) is 13.9. The molecule has 0 aliphatic heterocycles. The molecule has 0 aliphatic rings. The van der Waals surface area contributed by atoms with Crippen molar-refractivity contribution in [1.82, 2.24) is 0 Å². The zero-order chi connectivity index (χ0) is 15.4. The first-order valence-electron chi connectivity index (χ1n) is 7.97. The third-order valence-electron chi connectivity index (χ3n) is 3.05. The molecule has 0 heterocycles. The van der Waals surface area contributed by atoms with E-state index < -0.39 is 5.60 Å². The molecule has 0 aromatic heterocycles. The second-order valence-corrected chi connectivity index (χ2v) is 6.35. The van der Waals surface area contributed by atoms with Gasteiger partial charge < -0.3 is 0 Å². The van der Waals surface area contributed by atoms with Crippen LogP contribution in [0.4, 0.5) is 0 Å². The van der Waals surface area contributed by atoms with Gasteiger partial charge in [-0.25, -0.2) is 4.79 Å². The van der Waals surface area contributed by atoms with Gasteiger partial charge in [-0.3, -0.25) is 4.89 Å². The SMILES string of the molecule is CCCCCCC(CCCC)C(=O)OOOC(C)(C)C. The van der Waals surface area contributed by atoms with Gasteiger partial charge in [0.15, 0.2) is 0 Å². The summed E-state index contributed by atoms with van der Waals surface area (Å²) >= 11 is 0. The van der Waals surface area contributed by atoms with Crippen LogP contribution in [0.15, 0.2) is 0 Å². The Balaban J connectivity index is 4.05. The first-order valence-corrected chi connectivity index (χ1v) is 7.97. The van der Waals surface area contributed by atoms with Crippen LogP contribution in [0.3, 0.4) is 0 Å². The number of carbonyl (C=O) groups is 1. The number of carbonyl (C=O) groups excluding carboxylic acids is 1. The maximum absolute atomic E-state index is 12.0. The van der Waals surface area contributed by atoms with Gasteiger partial charge in [-0.05, 0) is 38.7 Å². The van der Waals surface area contributed by atoms with Crippen LogP contribution in [0.25, 0.3) is 0 Å². The van der Waals surface area contributed by atoms with E-state index in [2.05, 4.69) is 18.9 Å². The van der Waals surface area contributed by atoms with E-state index in [1.165, 1.54) is 19.3 Å². The van der Waals surface area contributed by atoms with Crippen LogP contribution >= 0.6 is 0 Å². The number of rotatable bonds is 11. The van der Waals surface area contributed by atoms with Crippen molar-refractivity contribution in [3.05, 3.63) is 0 Å². The molecule has 0 rings (SSSR count). The molecule has 1 unspecified atom stereocenters. The van der Waals surface area contributed by atoms with E-state index in [9.17, 15) is 4.79 Å². The Morgan fingerprint density at radius 2 is 1.55 bits per heavy atom. The van der Waals surface area contributed by atoms with Gasteiger partial charge in [-0.15, -0.1) is 0 Å². The molecule has 0 aromatic rings. The predicted octanol–water partition coefficient (Wildman–Crippen LogP) is 4.97. The Hall–Kier alpha value is -0.610. The number of hydrogen-bond donors (Lipinski definition) is 0. The third kappa shape index (κ3) is 11.2. The summed E-state index contributed by atoms with van der Waals surface area (Å²) in [5.41, 5.74) is -0.486. The Bertz CT molecular complexity index is 245. The second kappa shape index (κ2) is 11.1. The molecule has 0 saturated heterocycles. The van der Waals surface area contributed by atoms with E-state index in [0.717, 1.165) is 32.1 Å². The zero-order valence-corrected chi connectivity index (χ0v) is 13.9. The van der Waals surface area contributed by atoms with Crippen LogP contribution in [0, 0.1) is 5.92 Å². The van der Waals surface area contributed by atoms with E-state index in [1.807, 2.05) is 20.8 Å². The van der Waals surface area contributed by atoms with Crippen LogP contribution in [0.2, 0.25) is 0 Å². The minimum absolute atomic E-state index is 0.0737. The van der Waals surface area contributed by atoms with Gasteiger partial charge in [0.1, 0.15) is 0 Å². The molecule has 0 radical (unpaired) electrons. The lowest BCUT2D eigenvalue weighted by Gasteiger charge is -2.18. The highest BCUT2D eigenvalue weighted by Crippen LogP contribution is 2.19. The lowest BCUT2D eigenvalue weighted by atomic mass is 9.95. The van der Waals surface area contributed by atoms with Crippen LogP contribution in [0.1, 0.15) is 86.0 Å². The van der Waals surface area contributed by atoms with Crippen molar-refractivity contribution in [1.29, 1.82) is 0 Å². The first-order chi connectivity index (χ1) is 9.40. The number of unbranched alkanes of at least 4 members (excludes halogenated alkanes) is 4. The molecular formula is C16H32O4. The van der Waals surface area contributed by atoms with E-state index in [-0.39, 0.29) is 11.9 Å². The largest absolute Gasteiger partial charge is 0.348 e. The molecule has 0 saturated carbocycles. The highest BCUT2D eigenvalue weighted by molar-refractivity contribution is 5.71. The molecule has 1 atom stereocenters. The van der Waals surface area contributed by atoms with Crippen molar-refractivity contribution in [2.45, 2.75) is 91.6 Å². The first kappa shape index (κ1) is 19.4. The Morgan fingerprint density at radius 1 is 0.950 bits per heavy atom. The molecular weight excluding hydrogens is 256 g/mol. The van der Waals surface area contributed by atoms with Crippen molar-refractivity contribution in [3.8, 4) is 0 Å². The van der Waals surface area contributed by atoms with Gasteiger partial charge in [0.25, 0.3) is 0 Å². The Kier molecular flexibility index (Phi) is 10.8. The van der Waals surface area contributed by atoms with Crippen LogP contribution < -0.4 is 0 Å². The minimum atomic E-state index is -0.486. The second-order valence-electron chi connectivity index (χ2n) is 6.35. The Labute approximate surface area is 124 Å². The standard InChI is InChI=1S/C16H32O4/c1-6-8-10-11-13-14(12-9-7-2)15(17)18-20-19-16(3,4)5/h14H,6-13H2,1-5H3. The van der Waals surface area contributed by atoms with Crippen molar-refractivity contribution < 1.29 is 19.6 Å². The average Bonchev–Trinajstić information content (AvgIpc) is 2.36. The molecule has 0 amide bonds. The van der Waals surface area contributed by atoms with Gasteiger partial charge in [0.2, 0.25) is 0 Å². The topological polar surface area (TPSA) is 44.8 Å². The highest BCUT2D eigenvalue weighted by atomic mass is 17.5. The molecule has 0 N–H and O–H groups in total. The van der Waals surface area contributed by atoms with Crippen LogP contribution in [-0.4, -0.2) is 11.6 Å². The summed E-state index contributed by atoms with van der Waals surface area (Å²) in [6.45, 7) is 9.81. The minimum Gasteiger partial charge on any atom is -0.269 e. The van der Waals surface area contributed by atoms with Gasteiger partial charge in [0.05, 0.1) is 11.5 Å². The predicted molar refractivity (Wildman–Crippen MR) is 79.8 cm³/mol. The summed E-state index contributed by atoms with van der Waals surface area (Å²) < 4.78 is 0. The highest BCUT2D eigenvalue weighted by Gasteiger charge is 2.22. The summed E-state index contributed by atoms with van der Waals surface area (Å²) in [7, 11) is 0. The fourth-order valence-corrected chi connectivity index (χ4v) is 1.87. The summed E-state index contributed by atoms with van der Waals surface area (Å²) in [4.78, 5) is 21.7. The maximum Gasteiger partial charge on any atom is 0.348 e. The molecule has 0 aliphatic carbocycles. The number of hydrogen-bond acceptors (Lipinski definition) is 4. The van der Waals surface area contributed by atoms with E-state index >= 15 is 0 Å².